The van der Waals surface area contributed by atoms with E-state index in [4.69, 9.17) is 4.74 Å². The average Bonchev–Trinajstić information content (AvgIpc) is 2.60. The van der Waals surface area contributed by atoms with E-state index in [0.29, 0.717) is 25.2 Å². The number of carbonyl (C=O) groups is 1. The summed E-state index contributed by atoms with van der Waals surface area (Å²) in [5.74, 6) is -0.230. The lowest BCUT2D eigenvalue weighted by molar-refractivity contribution is -0.777. The van der Waals surface area contributed by atoms with Crippen LogP contribution in [-0.4, -0.2) is 28.5 Å². The third-order valence-electron chi connectivity index (χ3n) is 6.52. The SMILES string of the molecule is CCCCC1(O)C2CC3CC1CC(C(=O)OCC(F)(F)SOO[O-])(C3)C2. The molecule has 4 bridgehead atoms. The van der Waals surface area contributed by atoms with Crippen LogP contribution in [0.25, 0.3) is 0 Å². The molecule has 0 amide bonds. The maximum absolute atomic E-state index is 13.5. The monoisotopic (exact) mass is 395 g/mol. The van der Waals surface area contributed by atoms with Gasteiger partial charge in [-0.25, -0.2) is 0 Å². The van der Waals surface area contributed by atoms with Gasteiger partial charge in [-0.05, 0) is 56.3 Å². The fourth-order valence-corrected chi connectivity index (χ4v) is 5.82. The van der Waals surface area contributed by atoms with E-state index in [1.54, 1.807) is 0 Å². The quantitative estimate of drug-likeness (QED) is 0.278. The van der Waals surface area contributed by atoms with Crippen LogP contribution in [0.4, 0.5) is 8.78 Å². The summed E-state index contributed by atoms with van der Waals surface area (Å²) in [5, 5.41) is 20.2. The Morgan fingerprint density at radius 1 is 1.31 bits per heavy atom. The number of halogens is 2. The third-order valence-corrected chi connectivity index (χ3v) is 7.01. The van der Waals surface area contributed by atoms with Gasteiger partial charge < -0.3 is 15.1 Å². The molecule has 0 saturated heterocycles. The highest BCUT2D eigenvalue weighted by molar-refractivity contribution is 7.95. The normalized spacial score (nSPS) is 38.6. The Kier molecular flexibility index (Phi) is 5.85. The summed E-state index contributed by atoms with van der Waals surface area (Å²) in [4.78, 5) is 12.7. The van der Waals surface area contributed by atoms with Crippen molar-refractivity contribution < 1.29 is 38.0 Å². The Morgan fingerprint density at radius 2 is 1.96 bits per heavy atom. The van der Waals surface area contributed by atoms with Crippen LogP contribution in [0.3, 0.4) is 0 Å². The molecular weight excluding hydrogens is 370 g/mol. The summed E-state index contributed by atoms with van der Waals surface area (Å²) < 4.78 is 35.6. The Labute approximate surface area is 155 Å². The Bertz CT molecular complexity index is 515. The number of carbonyl (C=O) groups excluding carboxylic acids is 1. The molecule has 150 valence electrons. The van der Waals surface area contributed by atoms with Crippen molar-refractivity contribution in [1.82, 2.24) is 0 Å². The van der Waals surface area contributed by atoms with Gasteiger partial charge in [0.1, 0.15) is 12.0 Å². The lowest BCUT2D eigenvalue weighted by Crippen LogP contribution is -2.63. The van der Waals surface area contributed by atoms with Crippen molar-refractivity contribution in [1.29, 1.82) is 0 Å². The smallest absolute Gasteiger partial charge is 0.354 e. The zero-order valence-electron chi connectivity index (χ0n) is 14.7. The lowest BCUT2D eigenvalue weighted by Gasteiger charge is -2.62. The van der Waals surface area contributed by atoms with Crippen molar-refractivity contribution in [3.63, 3.8) is 0 Å². The van der Waals surface area contributed by atoms with Crippen molar-refractivity contribution in [3.05, 3.63) is 0 Å². The first-order valence-electron chi connectivity index (χ1n) is 9.16. The summed E-state index contributed by atoms with van der Waals surface area (Å²) in [5.41, 5.74) is -1.51. The summed E-state index contributed by atoms with van der Waals surface area (Å²) >= 11 is -0.479. The summed E-state index contributed by atoms with van der Waals surface area (Å²) in [6.07, 6.45) is 6.10. The van der Waals surface area contributed by atoms with Crippen molar-refractivity contribution in [2.75, 3.05) is 6.61 Å². The van der Waals surface area contributed by atoms with E-state index in [-0.39, 0.29) is 11.8 Å². The van der Waals surface area contributed by atoms with Crippen LogP contribution < -0.4 is 5.26 Å². The number of aliphatic hydroxyl groups is 1. The van der Waals surface area contributed by atoms with Gasteiger partial charge in [0.25, 0.3) is 0 Å². The number of rotatable bonds is 9. The van der Waals surface area contributed by atoms with E-state index < -0.39 is 40.9 Å². The van der Waals surface area contributed by atoms with Crippen LogP contribution in [0.5, 0.6) is 0 Å². The molecule has 0 aromatic rings. The van der Waals surface area contributed by atoms with Crippen LogP contribution in [0.15, 0.2) is 0 Å². The highest BCUT2D eigenvalue weighted by Gasteiger charge is 2.64. The number of ether oxygens (including phenoxy) is 1. The molecule has 2 atom stereocenters. The first-order valence-corrected chi connectivity index (χ1v) is 9.90. The molecule has 6 nitrogen and oxygen atoms in total. The van der Waals surface area contributed by atoms with E-state index in [2.05, 4.69) is 16.3 Å². The molecule has 0 aromatic heterocycles. The molecule has 4 saturated carbocycles. The van der Waals surface area contributed by atoms with Gasteiger partial charge in [-0.15, -0.1) is 0 Å². The van der Waals surface area contributed by atoms with Crippen LogP contribution in [0, 0.1) is 23.2 Å². The summed E-state index contributed by atoms with van der Waals surface area (Å²) in [6, 6.07) is 0. The van der Waals surface area contributed by atoms with Crippen molar-refractivity contribution in [2.24, 2.45) is 23.2 Å². The topological polar surface area (TPSA) is 88.1 Å². The van der Waals surface area contributed by atoms with Gasteiger partial charge in [0.15, 0.2) is 6.61 Å². The fourth-order valence-electron chi connectivity index (χ4n) is 5.58. The first kappa shape index (κ1) is 20.3. The minimum absolute atomic E-state index is 0.0277. The minimum atomic E-state index is -3.57. The Hall–Kier alpha value is -0.480. The maximum atomic E-state index is 13.5. The predicted octanol–water partition coefficient (Wildman–Crippen LogP) is 2.74. The van der Waals surface area contributed by atoms with Gasteiger partial charge in [0.05, 0.1) is 11.0 Å². The van der Waals surface area contributed by atoms with Gasteiger partial charge in [-0.1, -0.05) is 19.8 Å². The second kappa shape index (κ2) is 7.50. The number of hydrogen-bond acceptors (Lipinski definition) is 7. The average molecular weight is 395 g/mol. The van der Waals surface area contributed by atoms with Crippen LogP contribution >= 0.6 is 12.0 Å². The summed E-state index contributed by atoms with van der Waals surface area (Å²) in [7, 11) is 0. The van der Waals surface area contributed by atoms with Gasteiger partial charge >= 0.3 is 11.2 Å². The van der Waals surface area contributed by atoms with Crippen molar-refractivity contribution in [3.8, 4) is 0 Å². The van der Waals surface area contributed by atoms with E-state index in [9.17, 15) is 23.9 Å². The van der Waals surface area contributed by atoms with Crippen molar-refractivity contribution in [2.45, 2.75) is 69.1 Å². The Morgan fingerprint density at radius 3 is 2.54 bits per heavy atom. The molecule has 0 radical (unpaired) electrons. The molecule has 0 aliphatic heterocycles. The Balaban J connectivity index is 1.65. The third kappa shape index (κ3) is 3.73. The number of alkyl halides is 2. The van der Waals surface area contributed by atoms with Crippen LogP contribution in [0.1, 0.15) is 58.3 Å². The number of hydrogen-bond donors (Lipinski definition) is 1. The molecule has 4 rings (SSSR count). The number of unbranched alkanes of at least 4 members (excludes halogenated alkanes) is 1. The first-order chi connectivity index (χ1) is 12.2. The molecule has 1 N–H and O–H groups in total. The zero-order chi connectivity index (χ0) is 19.0. The largest absolute Gasteiger partial charge is 0.691 e. The van der Waals surface area contributed by atoms with Crippen molar-refractivity contribution >= 4 is 18.0 Å². The van der Waals surface area contributed by atoms with E-state index >= 15 is 0 Å². The van der Waals surface area contributed by atoms with Crippen LogP contribution in [-0.2, 0) is 18.9 Å². The zero-order valence-corrected chi connectivity index (χ0v) is 15.6. The lowest BCUT2D eigenvalue weighted by atomic mass is 9.44. The highest BCUT2D eigenvalue weighted by Crippen LogP contribution is 2.65. The molecule has 0 heterocycles. The van der Waals surface area contributed by atoms with Gasteiger partial charge in [0, 0.05) is 0 Å². The minimum Gasteiger partial charge on any atom is -0.691 e. The second-order valence-electron chi connectivity index (χ2n) is 8.15. The molecule has 0 spiro atoms. The fraction of sp³-hybridized carbons (Fsp3) is 0.941. The van der Waals surface area contributed by atoms with Gasteiger partial charge in [-0.3, -0.25) is 9.83 Å². The molecule has 9 heteroatoms. The van der Waals surface area contributed by atoms with E-state index in [0.717, 1.165) is 32.1 Å². The van der Waals surface area contributed by atoms with E-state index in [1.165, 1.54) is 0 Å². The number of esters is 1. The molecule has 4 aliphatic rings. The predicted molar refractivity (Wildman–Crippen MR) is 86.1 cm³/mol. The second-order valence-corrected chi connectivity index (χ2v) is 9.05. The van der Waals surface area contributed by atoms with Crippen LogP contribution in [0.2, 0.25) is 0 Å². The molecule has 0 aromatic carbocycles. The standard InChI is InChI=1S/C17H26F2O6S/c1-2-3-4-16(21)12-5-11-6-13(16)9-15(7-11,8-12)14(20)23-10-17(18,19)26-25-24-22/h11-13,21-22H,2-10H2,1H3/p-1. The molecule has 4 fully saturated rings. The van der Waals surface area contributed by atoms with E-state index in [1.807, 2.05) is 0 Å². The van der Waals surface area contributed by atoms with Gasteiger partial charge in [-0.2, -0.15) is 13.1 Å². The highest BCUT2D eigenvalue weighted by atomic mass is 32.2. The molecular formula is C17H25F2O6S-. The molecule has 26 heavy (non-hydrogen) atoms. The molecule has 4 aliphatic carbocycles. The maximum Gasteiger partial charge on any atom is 0.354 e. The molecule has 2 unspecified atom stereocenters. The summed E-state index contributed by atoms with van der Waals surface area (Å²) in [6.45, 7) is 0.903. The van der Waals surface area contributed by atoms with Gasteiger partial charge in [0.2, 0.25) is 0 Å².